The molecule has 12 nitrogen and oxygen atoms in total. The van der Waals surface area contributed by atoms with Gasteiger partial charge in [0.2, 0.25) is 0 Å². The van der Waals surface area contributed by atoms with E-state index in [0.717, 1.165) is 5.56 Å². The molecule has 262 valence electrons. The van der Waals surface area contributed by atoms with E-state index in [1.54, 1.807) is 43.8 Å². The number of ether oxygens (including phenoxy) is 4. The van der Waals surface area contributed by atoms with Crippen molar-refractivity contribution in [2.24, 2.45) is 0 Å². The van der Waals surface area contributed by atoms with Crippen LogP contribution in [-0.4, -0.2) is 73.3 Å². The van der Waals surface area contributed by atoms with Crippen LogP contribution in [0, 0.1) is 0 Å². The van der Waals surface area contributed by atoms with Gasteiger partial charge in [-0.3, -0.25) is 10.00 Å². The Balaban J connectivity index is 2.21. The zero-order chi connectivity index (χ0) is 35.6. The first-order valence-corrected chi connectivity index (χ1v) is 18.7. The fourth-order valence-corrected chi connectivity index (χ4v) is 5.03. The molecule has 1 aromatic carbocycles. The van der Waals surface area contributed by atoms with Gasteiger partial charge in [0.05, 0.1) is 0 Å². The van der Waals surface area contributed by atoms with E-state index in [1.165, 1.54) is 6.08 Å². The third-order valence-electron chi connectivity index (χ3n) is 7.03. The molecule has 0 saturated heterocycles. The fraction of sp³-hybridized carbons (Fsp3) is 0.588. The second-order valence-electron chi connectivity index (χ2n) is 14.7. The van der Waals surface area contributed by atoms with Crippen LogP contribution in [0.3, 0.4) is 0 Å². The number of hydrogen-bond donors (Lipinski definition) is 2. The minimum absolute atomic E-state index is 0.0159. The summed E-state index contributed by atoms with van der Waals surface area (Å²) in [6.45, 7) is 25.8. The van der Waals surface area contributed by atoms with Gasteiger partial charge < -0.3 is 28.7 Å². The Morgan fingerprint density at radius 3 is 2.13 bits per heavy atom. The summed E-state index contributed by atoms with van der Waals surface area (Å²) in [5.41, 5.74) is 0.160. The maximum absolute atomic E-state index is 13.1. The standard InChI is InChI=1S/C34H54N4O8Si/c1-13-21-42-31(41)36-28-26(22-38(37-28)20-14-19-35-30(40)45-33(5,6)7)24-15-17-25(18-16-24)43-23-27(29(39)44-32(2,3)4)46-47(11,12)34(8,9)10/h13,15-18,22,27H,1,14,19-21,23H2,2-12H3,(H,35,40)(H,36,37,41). The number of aryl methyl sites for hydroxylation is 1. The highest BCUT2D eigenvalue weighted by atomic mass is 28.4. The van der Waals surface area contributed by atoms with Gasteiger partial charge in [-0.25, -0.2) is 14.4 Å². The largest absolute Gasteiger partial charge is 0.490 e. The number of esters is 1. The third-order valence-corrected chi connectivity index (χ3v) is 11.5. The number of rotatable bonds is 14. The smallest absolute Gasteiger partial charge is 0.413 e. The number of aromatic nitrogens is 2. The van der Waals surface area contributed by atoms with E-state index in [-0.39, 0.29) is 18.3 Å². The van der Waals surface area contributed by atoms with Gasteiger partial charge >= 0.3 is 18.2 Å². The van der Waals surface area contributed by atoms with Crippen LogP contribution in [-0.2, 0) is 30.0 Å². The minimum Gasteiger partial charge on any atom is -0.490 e. The average molecular weight is 675 g/mol. The van der Waals surface area contributed by atoms with Gasteiger partial charge in [0.15, 0.2) is 20.2 Å². The highest BCUT2D eigenvalue weighted by Gasteiger charge is 2.42. The predicted molar refractivity (Wildman–Crippen MR) is 185 cm³/mol. The first-order valence-electron chi connectivity index (χ1n) is 15.8. The van der Waals surface area contributed by atoms with Crippen molar-refractivity contribution in [1.82, 2.24) is 15.1 Å². The van der Waals surface area contributed by atoms with Crippen LogP contribution in [0.15, 0.2) is 43.1 Å². The van der Waals surface area contributed by atoms with E-state index in [9.17, 15) is 14.4 Å². The molecule has 2 N–H and O–H groups in total. The van der Waals surface area contributed by atoms with Crippen LogP contribution in [0.5, 0.6) is 5.75 Å². The summed E-state index contributed by atoms with van der Waals surface area (Å²) in [7, 11) is -2.32. The monoisotopic (exact) mass is 674 g/mol. The summed E-state index contributed by atoms with van der Waals surface area (Å²) in [4.78, 5) is 37.4. The molecule has 1 atom stereocenters. The van der Waals surface area contributed by atoms with Gasteiger partial charge in [-0.15, -0.1) is 0 Å². The van der Waals surface area contributed by atoms with Crippen LogP contribution >= 0.6 is 0 Å². The van der Waals surface area contributed by atoms with Crippen molar-refractivity contribution in [3.63, 3.8) is 0 Å². The van der Waals surface area contributed by atoms with Crippen molar-refractivity contribution in [2.75, 3.05) is 25.1 Å². The lowest BCUT2D eigenvalue weighted by molar-refractivity contribution is -0.165. The number of nitrogens with one attached hydrogen (secondary N) is 2. The lowest BCUT2D eigenvalue weighted by atomic mass is 10.1. The molecule has 0 fully saturated rings. The first kappa shape index (κ1) is 39.3. The van der Waals surface area contributed by atoms with E-state index in [4.69, 9.17) is 23.4 Å². The Bertz CT molecular complexity index is 1350. The van der Waals surface area contributed by atoms with Gasteiger partial charge in [0.1, 0.15) is 30.2 Å². The van der Waals surface area contributed by atoms with E-state index in [1.807, 2.05) is 32.9 Å². The second kappa shape index (κ2) is 16.3. The normalized spacial score (nSPS) is 12.9. The minimum atomic E-state index is -2.32. The second-order valence-corrected chi connectivity index (χ2v) is 19.4. The molecule has 0 aliphatic heterocycles. The number of nitrogens with zero attached hydrogens (tertiary/aromatic N) is 2. The zero-order valence-corrected chi connectivity index (χ0v) is 30.9. The van der Waals surface area contributed by atoms with Crippen LogP contribution in [0.1, 0.15) is 68.7 Å². The first-order chi connectivity index (χ1) is 21.6. The topological polar surface area (TPSA) is 139 Å². The molecule has 2 aromatic rings. The van der Waals surface area contributed by atoms with Crippen molar-refractivity contribution >= 4 is 32.3 Å². The van der Waals surface area contributed by atoms with E-state index in [0.29, 0.717) is 36.6 Å². The SMILES string of the molecule is C=CCOC(=O)Nc1nn(CCCNC(=O)OC(C)(C)C)cc1-c1ccc(OCC(O[Si](C)(C)C(C)(C)C)C(=O)OC(C)(C)C)cc1. The average Bonchev–Trinajstić information content (AvgIpc) is 3.32. The number of alkyl carbamates (subject to hydrolysis) is 1. The van der Waals surface area contributed by atoms with Crippen molar-refractivity contribution in [3.8, 4) is 16.9 Å². The summed E-state index contributed by atoms with van der Waals surface area (Å²) in [6, 6.07) is 7.21. The molecular weight excluding hydrogens is 620 g/mol. The molecule has 0 spiro atoms. The fourth-order valence-electron chi connectivity index (χ4n) is 3.81. The highest BCUT2D eigenvalue weighted by Crippen LogP contribution is 2.38. The lowest BCUT2D eigenvalue weighted by Gasteiger charge is -2.39. The molecule has 47 heavy (non-hydrogen) atoms. The summed E-state index contributed by atoms with van der Waals surface area (Å²) in [5.74, 6) is 0.369. The molecule has 1 heterocycles. The molecular formula is C34H54N4O8Si. The van der Waals surface area contributed by atoms with E-state index in [2.05, 4.69) is 56.2 Å². The summed E-state index contributed by atoms with van der Waals surface area (Å²) in [6.07, 6.45) is 1.80. The number of hydrogen-bond acceptors (Lipinski definition) is 9. The van der Waals surface area contributed by atoms with Crippen molar-refractivity contribution in [2.45, 2.75) is 111 Å². The Labute approximate surface area is 280 Å². The number of amides is 2. The molecule has 0 radical (unpaired) electrons. The molecule has 2 amide bonds. The quantitative estimate of drug-likeness (QED) is 0.0694. The van der Waals surface area contributed by atoms with Gasteiger partial charge in [-0.2, -0.15) is 5.10 Å². The Hall–Kier alpha value is -3.84. The number of anilines is 1. The summed E-state index contributed by atoms with van der Waals surface area (Å²) in [5, 5.41) is 9.84. The van der Waals surface area contributed by atoms with Gasteiger partial charge in [0, 0.05) is 24.8 Å². The number of carbonyl (C=O) groups excluding carboxylic acids is 3. The Morgan fingerprint density at radius 1 is 0.957 bits per heavy atom. The summed E-state index contributed by atoms with van der Waals surface area (Å²) >= 11 is 0. The third kappa shape index (κ3) is 13.8. The van der Waals surface area contributed by atoms with Crippen molar-refractivity contribution < 1.29 is 37.8 Å². The number of carbonyl (C=O) groups is 3. The van der Waals surface area contributed by atoms with Crippen LogP contribution in [0.25, 0.3) is 11.1 Å². The Morgan fingerprint density at radius 2 is 1.57 bits per heavy atom. The molecule has 0 aliphatic rings. The van der Waals surface area contributed by atoms with Crippen LogP contribution in [0.4, 0.5) is 15.4 Å². The molecule has 1 unspecified atom stereocenters. The van der Waals surface area contributed by atoms with Crippen molar-refractivity contribution in [1.29, 1.82) is 0 Å². The molecule has 0 bridgehead atoms. The summed E-state index contributed by atoms with van der Waals surface area (Å²) < 4.78 is 30.2. The van der Waals surface area contributed by atoms with E-state index < -0.39 is 43.8 Å². The Kier molecular flexibility index (Phi) is 13.7. The van der Waals surface area contributed by atoms with Gasteiger partial charge in [0.25, 0.3) is 0 Å². The highest BCUT2D eigenvalue weighted by molar-refractivity contribution is 6.74. The van der Waals surface area contributed by atoms with Crippen LogP contribution in [0.2, 0.25) is 18.1 Å². The molecule has 0 saturated carbocycles. The maximum Gasteiger partial charge on any atom is 0.413 e. The molecule has 1 aromatic heterocycles. The van der Waals surface area contributed by atoms with Gasteiger partial charge in [-0.05, 0) is 83.8 Å². The maximum atomic E-state index is 13.1. The molecule has 13 heteroatoms. The zero-order valence-electron chi connectivity index (χ0n) is 29.9. The number of benzene rings is 1. The lowest BCUT2D eigenvalue weighted by Crippen LogP contribution is -2.49. The predicted octanol–water partition coefficient (Wildman–Crippen LogP) is 7.31. The van der Waals surface area contributed by atoms with Crippen molar-refractivity contribution in [3.05, 3.63) is 43.1 Å². The molecule has 0 aliphatic carbocycles. The van der Waals surface area contributed by atoms with Crippen LogP contribution < -0.4 is 15.4 Å². The van der Waals surface area contributed by atoms with E-state index >= 15 is 0 Å². The van der Waals surface area contributed by atoms with Gasteiger partial charge in [-0.1, -0.05) is 45.6 Å². The molecule has 2 rings (SSSR count).